The van der Waals surface area contributed by atoms with Crippen molar-refractivity contribution in [2.75, 3.05) is 16.8 Å². The first-order valence-electron chi connectivity index (χ1n) is 7.71. The highest BCUT2D eigenvalue weighted by Crippen LogP contribution is 2.25. The molecule has 0 spiro atoms. The molecular formula is C18H16Cl2N2O2. The summed E-state index contributed by atoms with van der Waals surface area (Å²) in [7, 11) is 0. The third-order valence-corrected chi connectivity index (χ3v) is 4.66. The summed E-state index contributed by atoms with van der Waals surface area (Å²) in [5.41, 5.74) is 1.84. The van der Waals surface area contributed by atoms with Crippen molar-refractivity contribution in [3.05, 3.63) is 58.1 Å². The summed E-state index contributed by atoms with van der Waals surface area (Å²) in [5.74, 6) is -0.162. The highest BCUT2D eigenvalue weighted by molar-refractivity contribution is 6.42. The van der Waals surface area contributed by atoms with Gasteiger partial charge in [0, 0.05) is 29.9 Å². The largest absolute Gasteiger partial charge is 0.322 e. The lowest BCUT2D eigenvalue weighted by atomic mass is 10.1. The highest BCUT2D eigenvalue weighted by atomic mass is 35.5. The molecular weight excluding hydrogens is 347 g/mol. The minimum Gasteiger partial charge on any atom is -0.322 e. The maximum atomic E-state index is 12.3. The number of benzene rings is 2. The molecule has 0 bridgehead atoms. The van der Waals surface area contributed by atoms with E-state index in [0.29, 0.717) is 34.3 Å². The number of amides is 2. The third kappa shape index (κ3) is 3.71. The summed E-state index contributed by atoms with van der Waals surface area (Å²) >= 11 is 11.8. The van der Waals surface area contributed by atoms with Crippen molar-refractivity contribution in [2.45, 2.75) is 19.3 Å². The Morgan fingerprint density at radius 3 is 2.62 bits per heavy atom. The van der Waals surface area contributed by atoms with Crippen molar-refractivity contribution >= 4 is 46.4 Å². The molecule has 1 N–H and O–H groups in total. The normalized spacial score (nSPS) is 14.6. The fourth-order valence-electron chi connectivity index (χ4n) is 2.67. The van der Waals surface area contributed by atoms with Crippen molar-refractivity contribution < 1.29 is 9.59 Å². The number of carbonyl (C=O) groups is 2. The van der Waals surface area contributed by atoms with E-state index in [0.717, 1.165) is 18.5 Å². The summed E-state index contributed by atoms with van der Waals surface area (Å²) in [6.45, 7) is 0.711. The van der Waals surface area contributed by atoms with Gasteiger partial charge in [-0.2, -0.15) is 0 Å². The second-order valence-electron chi connectivity index (χ2n) is 5.64. The van der Waals surface area contributed by atoms with E-state index in [4.69, 9.17) is 23.2 Å². The number of hydrogen-bond acceptors (Lipinski definition) is 2. The van der Waals surface area contributed by atoms with Crippen LogP contribution in [0.25, 0.3) is 0 Å². The zero-order valence-electron chi connectivity index (χ0n) is 12.9. The second kappa shape index (κ2) is 7.24. The molecule has 124 valence electrons. The average Bonchev–Trinajstić information content (AvgIpc) is 2.58. The standard InChI is InChI=1S/C18H16Cl2N2O2/c19-15-8-7-12(10-16(15)20)18(24)21-13-4-3-5-14(11-13)22-9-2-1-6-17(22)23/h3-5,7-8,10-11H,1-2,6,9H2,(H,21,24). The Kier molecular flexibility index (Phi) is 5.07. The minimum atomic E-state index is -0.282. The van der Waals surface area contributed by atoms with E-state index in [1.807, 2.05) is 12.1 Å². The first-order chi connectivity index (χ1) is 11.5. The lowest BCUT2D eigenvalue weighted by Gasteiger charge is -2.27. The average molecular weight is 363 g/mol. The van der Waals surface area contributed by atoms with Gasteiger partial charge in [0.2, 0.25) is 5.91 Å². The third-order valence-electron chi connectivity index (χ3n) is 3.92. The Morgan fingerprint density at radius 1 is 1.04 bits per heavy atom. The minimum absolute atomic E-state index is 0.120. The van der Waals surface area contributed by atoms with Crippen LogP contribution in [0.4, 0.5) is 11.4 Å². The van der Waals surface area contributed by atoms with Crippen LogP contribution in [0.15, 0.2) is 42.5 Å². The van der Waals surface area contributed by atoms with Crippen LogP contribution in [0, 0.1) is 0 Å². The Morgan fingerprint density at radius 2 is 1.88 bits per heavy atom. The predicted molar refractivity (Wildman–Crippen MR) is 97.1 cm³/mol. The van der Waals surface area contributed by atoms with Crippen LogP contribution in [0.1, 0.15) is 29.6 Å². The molecule has 1 saturated heterocycles. The molecule has 3 rings (SSSR count). The molecule has 0 aliphatic carbocycles. The SMILES string of the molecule is O=C(Nc1cccc(N2CCCCC2=O)c1)c1ccc(Cl)c(Cl)c1. The molecule has 0 aromatic heterocycles. The second-order valence-corrected chi connectivity index (χ2v) is 6.45. The number of nitrogens with zero attached hydrogens (tertiary/aromatic N) is 1. The summed E-state index contributed by atoms with van der Waals surface area (Å²) in [6.07, 6.45) is 2.49. The van der Waals surface area contributed by atoms with E-state index in [2.05, 4.69) is 5.32 Å². The van der Waals surface area contributed by atoms with Crippen molar-refractivity contribution in [2.24, 2.45) is 0 Å². The topological polar surface area (TPSA) is 49.4 Å². The first-order valence-corrected chi connectivity index (χ1v) is 8.47. The summed E-state index contributed by atoms with van der Waals surface area (Å²) in [6, 6.07) is 12.0. The number of anilines is 2. The molecule has 0 saturated carbocycles. The Balaban J connectivity index is 1.77. The zero-order valence-corrected chi connectivity index (χ0v) is 14.4. The Hall–Kier alpha value is -2.04. The van der Waals surface area contributed by atoms with Crippen molar-refractivity contribution in [3.63, 3.8) is 0 Å². The van der Waals surface area contributed by atoms with Gasteiger partial charge in [0.25, 0.3) is 5.91 Å². The fraction of sp³-hybridized carbons (Fsp3) is 0.222. The van der Waals surface area contributed by atoms with Crippen molar-refractivity contribution in [1.82, 2.24) is 0 Å². The van der Waals surface area contributed by atoms with Crippen LogP contribution in [0.3, 0.4) is 0 Å². The van der Waals surface area contributed by atoms with Gasteiger partial charge in [0.15, 0.2) is 0 Å². The molecule has 2 aromatic rings. The molecule has 0 radical (unpaired) electrons. The maximum Gasteiger partial charge on any atom is 0.255 e. The van der Waals surface area contributed by atoms with Crippen molar-refractivity contribution in [1.29, 1.82) is 0 Å². The van der Waals surface area contributed by atoms with E-state index in [1.165, 1.54) is 6.07 Å². The van der Waals surface area contributed by atoms with Gasteiger partial charge in [0.05, 0.1) is 10.0 Å². The van der Waals surface area contributed by atoms with Crippen LogP contribution < -0.4 is 10.2 Å². The molecule has 1 heterocycles. The predicted octanol–water partition coefficient (Wildman–Crippen LogP) is 4.76. The molecule has 1 fully saturated rings. The van der Waals surface area contributed by atoms with Gasteiger partial charge in [-0.15, -0.1) is 0 Å². The Labute approximate surface area is 150 Å². The summed E-state index contributed by atoms with van der Waals surface area (Å²) in [5, 5.41) is 3.55. The number of nitrogens with one attached hydrogen (secondary N) is 1. The van der Waals surface area contributed by atoms with Crippen molar-refractivity contribution in [3.8, 4) is 0 Å². The van der Waals surface area contributed by atoms with E-state index in [1.54, 1.807) is 29.2 Å². The summed E-state index contributed by atoms with van der Waals surface area (Å²) < 4.78 is 0. The van der Waals surface area contributed by atoms with Gasteiger partial charge >= 0.3 is 0 Å². The highest BCUT2D eigenvalue weighted by Gasteiger charge is 2.20. The molecule has 1 aliphatic heterocycles. The van der Waals surface area contributed by atoms with E-state index in [-0.39, 0.29) is 11.8 Å². The monoisotopic (exact) mass is 362 g/mol. The van der Waals surface area contributed by atoms with Crippen LogP contribution in [-0.4, -0.2) is 18.4 Å². The number of piperidine rings is 1. The molecule has 0 atom stereocenters. The van der Waals surface area contributed by atoms with Gasteiger partial charge < -0.3 is 10.2 Å². The molecule has 2 aromatic carbocycles. The Bertz CT molecular complexity index is 792. The van der Waals surface area contributed by atoms with E-state index >= 15 is 0 Å². The quantitative estimate of drug-likeness (QED) is 0.855. The smallest absolute Gasteiger partial charge is 0.255 e. The van der Waals surface area contributed by atoms with Gasteiger partial charge in [0.1, 0.15) is 0 Å². The number of rotatable bonds is 3. The van der Waals surface area contributed by atoms with Crippen LogP contribution in [0.5, 0.6) is 0 Å². The zero-order chi connectivity index (χ0) is 17.1. The van der Waals surface area contributed by atoms with Gasteiger partial charge in [-0.3, -0.25) is 9.59 Å². The molecule has 4 nitrogen and oxygen atoms in total. The molecule has 1 aliphatic rings. The molecule has 6 heteroatoms. The van der Waals surface area contributed by atoms with E-state index in [9.17, 15) is 9.59 Å². The van der Waals surface area contributed by atoms with Gasteiger partial charge in [-0.25, -0.2) is 0 Å². The molecule has 2 amide bonds. The molecule has 24 heavy (non-hydrogen) atoms. The van der Waals surface area contributed by atoms with Gasteiger partial charge in [-0.1, -0.05) is 29.3 Å². The molecule has 0 unspecified atom stereocenters. The van der Waals surface area contributed by atoms with Crippen LogP contribution >= 0.6 is 23.2 Å². The maximum absolute atomic E-state index is 12.3. The number of carbonyl (C=O) groups excluding carboxylic acids is 2. The van der Waals surface area contributed by atoms with E-state index < -0.39 is 0 Å². The first kappa shape index (κ1) is 16.8. The fourth-order valence-corrected chi connectivity index (χ4v) is 2.97. The lowest BCUT2D eigenvalue weighted by molar-refractivity contribution is -0.119. The number of halogens is 2. The number of hydrogen-bond donors (Lipinski definition) is 1. The van der Waals surface area contributed by atoms with Gasteiger partial charge in [-0.05, 0) is 49.2 Å². The summed E-state index contributed by atoms with van der Waals surface area (Å²) in [4.78, 5) is 26.1. The lowest BCUT2D eigenvalue weighted by Crippen LogP contribution is -2.35. The van der Waals surface area contributed by atoms with Crippen LogP contribution in [-0.2, 0) is 4.79 Å². The van der Waals surface area contributed by atoms with Crippen LogP contribution in [0.2, 0.25) is 10.0 Å².